The quantitative estimate of drug-likeness (QED) is 0.134. The zero-order valence-electron chi connectivity index (χ0n) is 20.7. The number of pyridine rings is 2. The maximum Gasteiger partial charge on any atom is 0.573 e. The summed E-state index contributed by atoms with van der Waals surface area (Å²) < 4.78 is 46.5. The Morgan fingerprint density at radius 2 is 1.85 bits per heavy atom. The van der Waals surface area contributed by atoms with Crippen LogP contribution in [0.15, 0.2) is 54.9 Å². The number of aromatic nitrogens is 2. The fraction of sp³-hybridized carbons (Fsp3) is 0.296. The summed E-state index contributed by atoms with van der Waals surface area (Å²) in [4.78, 5) is 20.2. The van der Waals surface area contributed by atoms with Gasteiger partial charge in [0.2, 0.25) is 0 Å². The minimum atomic E-state index is -4.79. The molecule has 2 aromatic carbocycles. The number of anilines is 1. The molecule has 2 aromatic heterocycles. The minimum absolute atomic E-state index is 0.106. The van der Waals surface area contributed by atoms with E-state index in [-0.39, 0.29) is 10.6 Å². The third-order valence-corrected chi connectivity index (χ3v) is 6.12. The van der Waals surface area contributed by atoms with Crippen LogP contribution < -0.4 is 15.4 Å². The van der Waals surface area contributed by atoms with E-state index in [1.807, 2.05) is 6.07 Å². The fourth-order valence-electron chi connectivity index (χ4n) is 3.99. The first-order valence-electron chi connectivity index (χ1n) is 12.2. The number of rotatable bonds is 13. The van der Waals surface area contributed by atoms with Gasteiger partial charge >= 0.3 is 12.3 Å². The molecular formula is C27H26ClF3N4O4. The standard InChI is InChI=1S/C27H26ClF3N4O4/c28-22-13-17(3-6-24(22)39-27(29,30)31)15-33-10-12-38-11-2-1-8-34-25-20-7-9-32-16-21(20)19-5-4-18(26(36)37)14-23(19)35-25/h3-7,9,13-14,16,33H,1-2,8,10-12,15H2,(H,34,35)(H,36,37). The van der Waals surface area contributed by atoms with E-state index in [2.05, 4.69) is 25.3 Å². The van der Waals surface area contributed by atoms with Gasteiger partial charge in [0, 0.05) is 54.8 Å². The molecule has 8 nitrogen and oxygen atoms in total. The van der Waals surface area contributed by atoms with Gasteiger partial charge in [-0.05, 0) is 48.7 Å². The van der Waals surface area contributed by atoms with E-state index in [9.17, 15) is 23.1 Å². The second kappa shape index (κ2) is 12.9. The molecular weight excluding hydrogens is 537 g/mol. The molecule has 0 bridgehead atoms. The Hall–Kier alpha value is -3.67. The highest BCUT2D eigenvalue weighted by molar-refractivity contribution is 6.32. The van der Waals surface area contributed by atoms with E-state index in [1.54, 1.807) is 30.6 Å². The molecule has 4 aromatic rings. The number of carbonyl (C=O) groups is 1. The molecule has 0 saturated heterocycles. The Morgan fingerprint density at radius 3 is 2.62 bits per heavy atom. The zero-order chi connectivity index (χ0) is 27.8. The Morgan fingerprint density at radius 1 is 1.00 bits per heavy atom. The number of alkyl halides is 3. The molecule has 0 fully saturated rings. The van der Waals surface area contributed by atoms with Crippen LogP contribution in [-0.4, -0.2) is 53.7 Å². The number of unbranched alkanes of at least 4 members (excludes halogenated alkanes) is 1. The molecule has 0 aliphatic heterocycles. The number of hydrogen-bond donors (Lipinski definition) is 3. The molecule has 0 unspecified atom stereocenters. The smallest absolute Gasteiger partial charge is 0.478 e. The monoisotopic (exact) mass is 562 g/mol. The van der Waals surface area contributed by atoms with Gasteiger partial charge in [0.1, 0.15) is 11.6 Å². The number of nitrogens with one attached hydrogen (secondary N) is 2. The molecule has 206 valence electrons. The molecule has 3 N–H and O–H groups in total. The van der Waals surface area contributed by atoms with E-state index in [4.69, 9.17) is 16.3 Å². The Balaban J connectivity index is 1.17. The minimum Gasteiger partial charge on any atom is -0.478 e. The molecule has 39 heavy (non-hydrogen) atoms. The maximum atomic E-state index is 12.3. The van der Waals surface area contributed by atoms with E-state index < -0.39 is 18.1 Å². The molecule has 0 atom stereocenters. The third-order valence-electron chi connectivity index (χ3n) is 5.83. The van der Waals surface area contributed by atoms with Crippen LogP contribution >= 0.6 is 11.6 Å². The number of aromatic carboxylic acids is 1. The maximum absolute atomic E-state index is 12.3. The van der Waals surface area contributed by atoms with Crippen molar-refractivity contribution >= 4 is 45.1 Å². The predicted molar refractivity (Wildman–Crippen MR) is 142 cm³/mol. The lowest BCUT2D eigenvalue weighted by Crippen LogP contribution is -2.20. The van der Waals surface area contributed by atoms with Gasteiger partial charge in [-0.15, -0.1) is 13.2 Å². The lowest BCUT2D eigenvalue weighted by Gasteiger charge is -2.12. The van der Waals surface area contributed by atoms with E-state index in [0.717, 1.165) is 34.6 Å². The Labute approximate surface area is 227 Å². The van der Waals surface area contributed by atoms with Gasteiger partial charge in [-0.3, -0.25) is 4.98 Å². The summed E-state index contributed by atoms with van der Waals surface area (Å²) in [5.74, 6) is -0.766. The third kappa shape index (κ3) is 7.92. The largest absolute Gasteiger partial charge is 0.573 e. The first-order chi connectivity index (χ1) is 18.7. The van der Waals surface area contributed by atoms with Crippen molar-refractivity contribution in [3.05, 3.63) is 71.0 Å². The lowest BCUT2D eigenvalue weighted by molar-refractivity contribution is -0.274. The topological polar surface area (TPSA) is 106 Å². The lowest BCUT2D eigenvalue weighted by atomic mass is 10.1. The number of carboxylic acid groups (broad SMARTS) is 1. The van der Waals surface area contributed by atoms with Crippen molar-refractivity contribution in [1.82, 2.24) is 15.3 Å². The highest BCUT2D eigenvalue weighted by Gasteiger charge is 2.32. The molecule has 4 rings (SSSR count). The van der Waals surface area contributed by atoms with Gasteiger partial charge in [0.25, 0.3) is 0 Å². The molecule has 12 heteroatoms. The molecule has 0 aliphatic rings. The van der Waals surface area contributed by atoms with E-state index >= 15 is 0 Å². The van der Waals surface area contributed by atoms with E-state index in [0.29, 0.717) is 44.2 Å². The van der Waals surface area contributed by atoms with Gasteiger partial charge in [-0.2, -0.15) is 0 Å². The van der Waals surface area contributed by atoms with Crippen molar-refractivity contribution < 1.29 is 32.5 Å². The van der Waals surface area contributed by atoms with Crippen LogP contribution in [-0.2, 0) is 11.3 Å². The summed E-state index contributed by atoms with van der Waals surface area (Å²) in [5.41, 5.74) is 1.49. The Bertz CT molecular complexity index is 1450. The summed E-state index contributed by atoms with van der Waals surface area (Å²) in [6, 6.07) is 10.9. The molecule has 2 heterocycles. The van der Waals surface area contributed by atoms with E-state index in [1.165, 1.54) is 18.2 Å². The summed E-state index contributed by atoms with van der Waals surface area (Å²) in [5, 5.41) is 18.3. The summed E-state index contributed by atoms with van der Waals surface area (Å²) in [6.45, 7) is 2.69. The summed E-state index contributed by atoms with van der Waals surface area (Å²) in [7, 11) is 0. The Kier molecular flexibility index (Phi) is 9.39. The van der Waals surface area contributed by atoms with Crippen molar-refractivity contribution in [3.8, 4) is 5.75 Å². The van der Waals surface area contributed by atoms with Gasteiger partial charge < -0.3 is 25.2 Å². The van der Waals surface area contributed by atoms with Crippen LogP contribution in [0.4, 0.5) is 19.0 Å². The van der Waals surface area contributed by atoms with Gasteiger partial charge in [0.15, 0.2) is 0 Å². The van der Waals surface area contributed by atoms with Crippen LogP contribution in [0.3, 0.4) is 0 Å². The van der Waals surface area contributed by atoms with Crippen molar-refractivity contribution in [2.45, 2.75) is 25.7 Å². The number of ether oxygens (including phenoxy) is 2. The second-order valence-electron chi connectivity index (χ2n) is 8.65. The number of hydrogen-bond acceptors (Lipinski definition) is 7. The zero-order valence-corrected chi connectivity index (χ0v) is 21.5. The second-order valence-corrected chi connectivity index (χ2v) is 9.06. The normalized spacial score (nSPS) is 11.7. The molecule has 0 aliphatic carbocycles. The highest BCUT2D eigenvalue weighted by Crippen LogP contribution is 2.31. The number of carboxylic acids is 1. The van der Waals surface area contributed by atoms with Gasteiger partial charge in [0.05, 0.1) is 22.7 Å². The molecule has 0 saturated carbocycles. The average molecular weight is 563 g/mol. The average Bonchev–Trinajstić information content (AvgIpc) is 2.90. The highest BCUT2D eigenvalue weighted by atomic mass is 35.5. The molecule has 0 amide bonds. The van der Waals surface area contributed by atoms with Crippen LogP contribution in [0.1, 0.15) is 28.8 Å². The van der Waals surface area contributed by atoms with Crippen molar-refractivity contribution in [3.63, 3.8) is 0 Å². The summed E-state index contributed by atoms with van der Waals surface area (Å²) >= 11 is 5.86. The first kappa shape index (κ1) is 28.3. The van der Waals surface area contributed by atoms with Crippen LogP contribution in [0.2, 0.25) is 5.02 Å². The fourth-order valence-corrected chi connectivity index (χ4v) is 4.23. The van der Waals surface area contributed by atoms with Crippen molar-refractivity contribution in [2.24, 2.45) is 0 Å². The summed E-state index contributed by atoms with van der Waals surface area (Å²) in [6.07, 6.45) is 0.308. The first-order valence-corrected chi connectivity index (χ1v) is 12.6. The molecule has 0 spiro atoms. The van der Waals surface area contributed by atoms with Gasteiger partial charge in [-0.1, -0.05) is 23.7 Å². The van der Waals surface area contributed by atoms with Crippen LogP contribution in [0.5, 0.6) is 5.75 Å². The number of halogens is 4. The van der Waals surface area contributed by atoms with Crippen molar-refractivity contribution in [2.75, 3.05) is 31.6 Å². The van der Waals surface area contributed by atoms with Crippen LogP contribution in [0.25, 0.3) is 21.7 Å². The van der Waals surface area contributed by atoms with Crippen molar-refractivity contribution in [1.29, 1.82) is 0 Å². The number of benzene rings is 2. The predicted octanol–water partition coefficient (Wildman–Crippen LogP) is 6.03. The SMILES string of the molecule is O=C(O)c1ccc2c(c1)nc(NCCCCOCCNCc1ccc(OC(F)(F)F)c(Cl)c1)c1ccncc12. The number of nitrogens with zero attached hydrogens (tertiary/aromatic N) is 2. The number of fused-ring (bicyclic) bond motifs is 3. The van der Waals surface area contributed by atoms with Crippen LogP contribution in [0, 0.1) is 0 Å². The molecule has 0 radical (unpaired) electrons. The van der Waals surface area contributed by atoms with Gasteiger partial charge in [-0.25, -0.2) is 9.78 Å².